The van der Waals surface area contributed by atoms with Crippen LogP contribution in [0.4, 0.5) is 5.82 Å². The van der Waals surface area contributed by atoms with E-state index in [1.165, 1.54) is 0 Å². The fourth-order valence-electron chi connectivity index (χ4n) is 1.72. The number of nitrogens with one attached hydrogen (secondary N) is 1. The van der Waals surface area contributed by atoms with Gasteiger partial charge in [0.1, 0.15) is 18.2 Å². The van der Waals surface area contributed by atoms with Gasteiger partial charge >= 0.3 is 0 Å². The molecule has 0 bridgehead atoms. The van der Waals surface area contributed by atoms with E-state index in [9.17, 15) is 4.79 Å². The first-order valence-electron chi connectivity index (χ1n) is 6.40. The van der Waals surface area contributed by atoms with Crippen molar-refractivity contribution in [1.82, 2.24) is 4.98 Å². The van der Waals surface area contributed by atoms with Crippen molar-refractivity contribution in [2.75, 3.05) is 11.9 Å². The summed E-state index contributed by atoms with van der Waals surface area (Å²) in [4.78, 5) is 15.2. The van der Waals surface area contributed by atoms with E-state index in [1.807, 2.05) is 19.1 Å². The molecule has 5 nitrogen and oxygen atoms in total. The van der Waals surface area contributed by atoms with E-state index in [2.05, 4.69) is 10.3 Å². The zero-order valence-corrected chi connectivity index (χ0v) is 11.3. The Morgan fingerprint density at radius 3 is 2.70 bits per heavy atom. The molecule has 0 aliphatic carbocycles. The first-order valence-corrected chi connectivity index (χ1v) is 6.40. The molecule has 20 heavy (non-hydrogen) atoms. The van der Waals surface area contributed by atoms with Gasteiger partial charge in [-0.3, -0.25) is 4.79 Å². The minimum absolute atomic E-state index is 0.441. The maximum Gasteiger partial charge on any atom is 0.248 e. The van der Waals surface area contributed by atoms with Crippen molar-refractivity contribution in [3.05, 3.63) is 53.7 Å². The van der Waals surface area contributed by atoms with Crippen LogP contribution in [0.2, 0.25) is 0 Å². The van der Waals surface area contributed by atoms with Gasteiger partial charge in [0.15, 0.2) is 0 Å². The van der Waals surface area contributed by atoms with Gasteiger partial charge in [-0.05, 0) is 48.9 Å². The lowest BCUT2D eigenvalue weighted by atomic mass is 10.2. The third-order valence-corrected chi connectivity index (χ3v) is 2.73. The summed E-state index contributed by atoms with van der Waals surface area (Å²) < 4.78 is 5.65. The van der Waals surface area contributed by atoms with Crippen molar-refractivity contribution in [3.8, 4) is 5.75 Å². The number of nitrogens with zero attached hydrogens (tertiary/aromatic N) is 1. The Morgan fingerprint density at radius 1 is 1.30 bits per heavy atom. The predicted molar refractivity (Wildman–Crippen MR) is 77.7 cm³/mol. The van der Waals surface area contributed by atoms with E-state index >= 15 is 0 Å². The average Bonchev–Trinajstić information content (AvgIpc) is 2.46. The van der Waals surface area contributed by atoms with Gasteiger partial charge in [0.25, 0.3) is 0 Å². The SMILES string of the molecule is CCNc1cc(COc2ccc(C(N)=O)cc2)ccn1. The molecule has 5 heteroatoms. The minimum atomic E-state index is -0.444. The fraction of sp³-hybridized carbons (Fsp3) is 0.200. The third kappa shape index (κ3) is 3.71. The molecular formula is C15H17N3O2. The number of ether oxygens (including phenoxy) is 1. The maximum absolute atomic E-state index is 11.0. The summed E-state index contributed by atoms with van der Waals surface area (Å²) in [6.07, 6.45) is 1.74. The molecule has 0 saturated carbocycles. The molecule has 1 amide bonds. The number of carbonyl (C=O) groups excluding carboxylic acids is 1. The van der Waals surface area contributed by atoms with Gasteiger partial charge in [-0.25, -0.2) is 4.98 Å². The topological polar surface area (TPSA) is 77.2 Å². The highest BCUT2D eigenvalue weighted by atomic mass is 16.5. The van der Waals surface area contributed by atoms with E-state index in [-0.39, 0.29) is 0 Å². The zero-order chi connectivity index (χ0) is 14.4. The van der Waals surface area contributed by atoms with E-state index < -0.39 is 5.91 Å². The van der Waals surface area contributed by atoms with Crippen molar-refractivity contribution < 1.29 is 9.53 Å². The Kier molecular flexibility index (Phi) is 4.55. The molecule has 0 aliphatic heterocycles. The van der Waals surface area contributed by atoms with Crippen LogP contribution in [0, 0.1) is 0 Å². The first kappa shape index (κ1) is 13.9. The van der Waals surface area contributed by atoms with Crippen LogP contribution in [-0.4, -0.2) is 17.4 Å². The molecule has 2 aromatic rings. The Labute approximate surface area is 117 Å². The van der Waals surface area contributed by atoms with Crippen molar-refractivity contribution in [2.24, 2.45) is 5.73 Å². The van der Waals surface area contributed by atoms with Crippen molar-refractivity contribution in [1.29, 1.82) is 0 Å². The molecule has 0 radical (unpaired) electrons. The summed E-state index contributed by atoms with van der Waals surface area (Å²) in [5.41, 5.74) is 6.67. The number of aromatic nitrogens is 1. The monoisotopic (exact) mass is 271 g/mol. The first-order chi connectivity index (χ1) is 9.69. The Bertz CT molecular complexity index is 582. The standard InChI is InChI=1S/C15H17N3O2/c1-2-17-14-9-11(7-8-18-14)10-20-13-5-3-12(4-6-13)15(16)19/h3-9H,2,10H2,1H3,(H2,16,19)(H,17,18). The molecule has 2 rings (SSSR count). The van der Waals surface area contributed by atoms with Gasteiger partial charge in [0, 0.05) is 18.3 Å². The molecule has 0 aliphatic rings. The number of carbonyl (C=O) groups is 1. The summed E-state index contributed by atoms with van der Waals surface area (Å²) in [6.45, 7) is 3.29. The summed E-state index contributed by atoms with van der Waals surface area (Å²) in [7, 11) is 0. The van der Waals surface area contributed by atoms with Crippen molar-refractivity contribution >= 4 is 11.7 Å². The molecule has 0 unspecified atom stereocenters. The number of hydrogen-bond donors (Lipinski definition) is 2. The van der Waals surface area contributed by atoms with Crippen LogP contribution < -0.4 is 15.8 Å². The number of rotatable bonds is 6. The van der Waals surface area contributed by atoms with Crippen LogP contribution in [0.25, 0.3) is 0 Å². The fourth-order valence-corrected chi connectivity index (χ4v) is 1.72. The number of amides is 1. The van der Waals surface area contributed by atoms with E-state index in [0.29, 0.717) is 17.9 Å². The Hall–Kier alpha value is -2.56. The van der Waals surface area contributed by atoms with Crippen molar-refractivity contribution in [3.63, 3.8) is 0 Å². The second-order valence-electron chi connectivity index (χ2n) is 4.26. The van der Waals surface area contributed by atoms with Crippen LogP contribution in [-0.2, 0) is 6.61 Å². The van der Waals surface area contributed by atoms with Crippen LogP contribution in [0.3, 0.4) is 0 Å². The van der Waals surface area contributed by atoms with Gasteiger partial charge in [0.05, 0.1) is 0 Å². The van der Waals surface area contributed by atoms with Crippen molar-refractivity contribution in [2.45, 2.75) is 13.5 Å². The normalized spacial score (nSPS) is 10.1. The number of benzene rings is 1. The molecule has 1 aromatic heterocycles. The van der Waals surface area contributed by atoms with Gasteiger partial charge in [-0.15, -0.1) is 0 Å². The van der Waals surface area contributed by atoms with Crippen LogP contribution in [0.1, 0.15) is 22.8 Å². The average molecular weight is 271 g/mol. The maximum atomic E-state index is 11.0. The van der Waals surface area contributed by atoms with E-state index in [0.717, 1.165) is 17.9 Å². The van der Waals surface area contributed by atoms with Gasteiger partial charge in [-0.2, -0.15) is 0 Å². The smallest absolute Gasteiger partial charge is 0.248 e. The van der Waals surface area contributed by atoms with E-state index in [1.54, 1.807) is 30.5 Å². The molecular weight excluding hydrogens is 254 g/mol. The molecule has 0 saturated heterocycles. The number of anilines is 1. The highest BCUT2D eigenvalue weighted by Crippen LogP contribution is 2.15. The van der Waals surface area contributed by atoms with E-state index in [4.69, 9.17) is 10.5 Å². The predicted octanol–water partition coefficient (Wildman–Crippen LogP) is 2.19. The summed E-state index contributed by atoms with van der Waals surface area (Å²) in [6, 6.07) is 10.6. The second-order valence-corrected chi connectivity index (χ2v) is 4.26. The largest absolute Gasteiger partial charge is 0.489 e. The lowest BCUT2D eigenvalue weighted by Gasteiger charge is -2.08. The molecule has 0 fully saturated rings. The van der Waals surface area contributed by atoms with Gasteiger partial charge < -0.3 is 15.8 Å². The molecule has 104 valence electrons. The lowest BCUT2D eigenvalue weighted by molar-refractivity contribution is 0.100. The van der Waals surface area contributed by atoms with Gasteiger partial charge in [0.2, 0.25) is 5.91 Å². The highest BCUT2D eigenvalue weighted by molar-refractivity contribution is 5.92. The van der Waals surface area contributed by atoms with Crippen LogP contribution in [0.5, 0.6) is 5.75 Å². The highest BCUT2D eigenvalue weighted by Gasteiger charge is 2.01. The summed E-state index contributed by atoms with van der Waals surface area (Å²) in [5.74, 6) is 1.08. The minimum Gasteiger partial charge on any atom is -0.489 e. The number of hydrogen-bond acceptors (Lipinski definition) is 4. The molecule has 3 N–H and O–H groups in total. The second kappa shape index (κ2) is 6.56. The zero-order valence-electron chi connectivity index (χ0n) is 11.3. The Balaban J connectivity index is 1.97. The molecule has 0 atom stereocenters. The third-order valence-electron chi connectivity index (χ3n) is 2.73. The number of primary amides is 1. The quantitative estimate of drug-likeness (QED) is 0.844. The lowest BCUT2D eigenvalue weighted by Crippen LogP contribution is -2.10. The number of nitrogens with two attached hydrogens (primary N) is 1. The van der Waals surface area contributed by atoms with Gasteiger partial charge in [-0.1, -0.05) is 0 Å². The molecule has 1 heterocycles. The molecule has 0 spiro atoms. The number of pyridine rings is 1. The van der Waals surface area contributed by atoms with Crippen LogP contribution in [0.15, 0.2) is 42.6 Å². The Morgan fingerprint density at radius 2 is 2.05 bits per heavy atom. The van der Waals surface area contributed by atoms with Crippen LogP contribution >= 0.6 is 0 Å². The molecule has 1 aromatic carbocycles. The summed E-state index contributed by atoms with van der Waals surface area (Å²) >= 11 is 0. The summed E-state index contributed by atoms with van der Waals surface area (Å²) in [5, 5.41) is 3.15.